The maximum absolute atomic E-state index is 5.76. The largest absolute Gasteiger partial charge is 0.491 e. The lowest BCUT2D eigenvalue weighted by molar-refractivity contribution is 0.242. The van der Waals surface area contributed by atoms with Crippen molar-refractivity contribution >= 4 is 0 Å². The minimum atomic E-state index is 0.0746. The molecule has 0 aliphatic carbocycles. The Morgan fingerprint density at radius 2 is 1.95 bits per heavy atom. The monoisotopic (exact) mass is 270 g/mol. The number of rotatable bonds is 5. The van der Waals surface area contributed by atoms with Gasteiger partial charge in [-0.3, -0.25) is 4.98 Å². The van der Waals surface area contributed by atoms with Crippen LogP contribution in [0.1, 0.15) is 36.7 Å². The van der Waals surface area contributed by atoms with E-state index in [-0.39, 0.29) is 12.1 Å². The lowest BCUT2D eigenvalue weighted by Gasteiger charge is -2.18. The zero-order valence-corrected chi connectivity index (χ0v) is 12.6. The molecule has 106 valence electrons. The molecule has 1 aromatic heterocycles. The number of pyridine rings is 1. The molecule has 20 heavy (non-hydrogen) atoms. The van der Waals surface area contributed by atoms with Crippen molar-refractivity contribution in [1.29, 1.82) is 0 Å². The minimum absolute atomic E-state index is 0.0746. The van der Waals surface area contributed by atoms with Crippen LogP contribution in [0, 0.1) is 6.92 Å². The predicted octanol–water partition coefficient (Wildman–Crippen LogP) is 3.49. The van der Waals surface area contributed by atoms with Crippen molar-refractivity contribution in [2.24, 2.45) is 0 Å². The van der Waals surface area contributed by atoms with Gasteiger partial charge in [-0.15, -0.1) is 0 Å². The highest BCUT2D eigenvalue weighted by Gasteiger charge is 2.14. The lowest BCUT2D eigenvalue weighted by Crippen LogP contribution is -2.19. The van der Waals surface area contributed by atoms with Crippen LogP contribution in [-0.2, 0) is 0 Å². The molecule has 0 bridgehead atoms. The Balaban J connectivity index is 2.32. The van der Waals surface area contributed by atoms with Gasteiger partial charge in [0.2, 0.25) is 0 Å². The molecular weight excluding hydrogens is 248 g/mol. The fraction of sp³-hybridized carbons (Fsp3) is 0.353. The molecule has 0 saturated heterocycles. The van der Waals surface area contributed by atoms with E-state index < -0.39 is 0 Å². The topological polar surface area (TPSA) is 34.1 Å². The van der Waals surface area contributed by atoms with Gasteiger partial charge in [0.1, 0.15) is 5.75 Å². The van der Waals surface area contributed by atoms with E-state index in [1.807, 2.05) is 45.3 Å². The fourth-order valence-electron chi connectivity index (χ4n) is 2.24. The van der Waals surface area contributed by atoms with Gasteiger partial charge < -0.3 is 10.1 Å². The molecule has 1 atom stereocenters. The van der Waals surface area contributed by atoms with Crippen LogP contribution in [0.5, 0.6) is 5.75 Å². The van der Waals surface area contributed by atoms with Gasteiger partial charge in [0.15, 0.2) is 0 Å². The van der Waals surface area contributed by atoms with E-state index in [0.29, 0.717) is 0 Å². The Morgan fingerprint density at radius 3 is 2.60 bits per heavy atom. The highest BCUT2D eigenvalue weighted by atomic mass is 16.5. The second-order valence-electron chi connectivity index (χ2n) is 5.22. The van der Waals surface area contributed by atoms with E-state index in [1.165, 1.54) is 5.56 Å². The Bertz CT molecular complexity index is 566. The zero-order valence-electron chi connectivity index (χ0n) is 12.6. The zero-order chi connectivity index (χ0) is 14.5. The molecule has 0 amide bonds. The molecular formula is C17H22N2O. The number of hydrogen-bond acceptors (Lipinski definition) is 3. The Kier molecular flexibility index (Phi) is 4.74. The van der Waals surface area contributed by atoms with Gasteiger partial charge in [-0.05, 0) is 63.2 Å². The summed E-state index contributed by atoms with van der Waals surface area (Å²) in [6.07, 6.45) is 2.03. The highest BCUT2D eigenvalue weighted by Crippen LogP contribution is 2.24. The molecule has 1 heterocycles. The first-order valence-electron chi connectivity index (χ1n) is 6.96. The summed E-state index contributed by atoms with van der Waals surface area (Å²) in [5.41, 5.74) is 3.39. The van der Waals surface area contributed by atoms with Crippen LogP contribution < -0.4 is 10.1 Å². The number of ether oxygens (including phenoxy) is 1. The summed E-state index contributed by atoms with van der Waals surface area (Å²) >= 11 is 0. The Morgan fingerprint density at radius 1 is 1.15 bits per heavy atom. The minimum Gasteiger partial charge on any atom is -0.491 e. The van der Waals surface area contributed by atoms with Crippen LogP contribution in [0.25, 0.3) is 0 Å². The van der Waals surface area contributed by atoms with Crippen LogP contribution >= 0.6 is 0 Å². The molecule has 3 heteroatoms. The van der Waals surface area contributed by atoms with Crippen molar-refractivity contribution in [3.63, 3.8) is 0 Å². The first-order chi connectivity index (χ1) is 9.60. The normalized spacial score (nSPS) is 12.4. The summed E-state index contributed by atoms with van der Waals surface area (Å²) in [5.74, 6) is 0.894. The summed E-state index contributed by atoms with van der Waals surface area (Å²) < 4.78 is 5.76. The van der Waals surface area contributed by atoms with Gasteiger partial charge in [-0.1, -0.05) is 12.1 Å². The van der Waals surface area contributed by atoms with Gasteiger partial charge in [-0.2, -0.15) is 0 Å². The number of aromatic nitrogens is 1. The van der Waals surface area contributed by atoms with Crippen LogP contribution in [-0.4, -0.2) is 18.1 Å². The summed E-state index contributed by atoms with van der Waals surface area (Å²) in [6, 6.07) is 12.4. The van der Waals surface area contributed by atoms with E-state index in [0.717, 1.165) is 17.0 Å². The van der Waals surface area contributed by atoms with Gasteiger partial charge in [0.05, 0.1) is 17.8 Å². The SMILES string of the molecule is CNC(c1cccc(OC(C)C)c1)c1cc(C)ccn1. The summed E-state index contributed by atoms with van der Waals surface area (Å²) in [5, 5.41) is 3.32. The van der Waals surface area contributed by atoms with E-state index >= 15 is 0 Å². The van der Waals surface area contributed by atoms with Crippen LogP contribution in [0.3, 0.4) is 0 Å². The van der Waals surface area contributed by atoms with Crippen LogP contribution in [0.4, 0.5) is 0 Å². The molecule has 1 N–H and O–H groups in total. The van der Waals surface area contributed by atoms with Gasteiger partial charge >= 0.3 is 0 Å². The van der Waals surface area contributed by atoms with Crippen molar-refractivity contribution in [3.05, 3.63) is 59.4 Å². The highest BCUT2D eigenvalue weighted by molar-refractivity contribution is 5.35. The van der Waals surface area contributed by atoms with E-state index in [2.05, 4.69) is 35.4 Å². The maximum Gasteiger partial charge on any atom is 0.120 e. The molecule has 1 unspecified atom stereocenters. The number of hydrogen-bond donors (Lipinski definition) is 1. The third kappa shape index (κ3) is 3.58. The molecule has 2 rings (SSSR count). The first-order valence-corrected chi connectivity index (χ1v) is 6.96. The molecule has 2 aromatic rings. The summed E-state index contributed by atoms with van der Waals surface area (Å²) in [7, 11) is 1.95. The molecule has 0 radical (unpaired) electrons. The van der Waals surface area contributed by atoms with Gasteiger partial charge in [-0.25, -0.2) is 0 Å². The van der Waals surface area contributed by atoms with Crippen molar-refractivity contribution in [2.45, 2.75) is 32.9 Å². The van der Waals surface area contributed by atoms with Gasteiger partial charge in [0, 0.05) is 6.20 Å². The average Bonchev–Trinajstić information content (AvgIpc) is 2.39. The molecule has 0 aliphatic rings. The molecule has 0 aliphatic heterocycles. The smallest absolute Gasteiger partial charge is 0.120 e. The number of nitrogens with one attached hydrogen (secondary N) is 1. The van der Waals surface area contributed by atoms with Crippen molar-refractivity contribution in [3.8, 4) is 5.75 Å². The molecule has 3 nitrogen and oxygen atoms in total. The lowest BCUT2D eigenvalue weighted by atomic mass is 10.0. The van der Waals surface area contributed by atoms with E-state index in [4.69, 9.17) is 4.74 Å². The van der Waals surface area contributed by atoms with Crippen LogP contribution in [0.15, 0.2) is 42.6 Å². The molecule has 0 fully saturated rings. The quantitative estimate of drug-likeness (QED) is 0.903. The van der Waals surface area contributed by atoms with Gasteiger partial charge in [0.25, 0.3) is 0 Å². The first kappa shape index (κ1) is 14.5. The number of benzene rings is 1. The Hall–Kier alpha value is -1.87. The van der Waals surface area contributed by atoms with Crippen molar-refractivity contribution < 1.29 is 4.74 Å². The molecule has 0 spiro atoms. The third-order valence-corrected chi connectivity index (χ3v) is 3.08. The molecule has 1 aromatic carbocycles. The third-order valence-electron chi connectivity index (χ3n) is 3.08. The van der Waals surface area contributed by atoms with E-state index in [1.54, 1.807) is 0 Å². The second kappa shape index (κ2) is 6.53. The molecule has 0 saturated carbocycles. The maximum atomic E-state index is 5.76. The second-order valence-corrected chi connectivity index (χ2v) is 5.22. The predicted molar refractivity (Wildman–Crippen MR) is 82.1 cm³/mol. The van der Waals surface area contributed by atoms with E-state index in [9.17, 15) is 0 Å². The summed E-state index contributed by atoms with van der Waals surface area (Å²) in [4.78, 5) is 4.47. The fourth-order valence-corrected chi connectivity index (χ4v) is 2.24. The number of aryl methyl sites for hydroxylation is 1. The van der Waals surface area contributed by atoms with Crippen molar-refractivity contribution in [1.82, 2.24) is 10.3 Å². The summed E-state index contributed by atoms with van der Waals surface area (Å²) in [6.45, 7) is 6.14. The Labute approximate surface area is 121 Å². The average molecular weight is 270 g/mol. The standard InChI is InChI=1S/C17H22N2O/c1-12(2)20-15-7-5-6-14(11-15)17(18-4)16-10-13(3)8-9-19-16/h5-12,17-18H,1-4H3. The van der Waals surface area contributed by atoms with Crippen LogP contribution in [0.2, 0.25) is 0 Å². The van der Waals surface area contributed by atoms with Crippen molar-refractivity contribution in [2.75, 3.05) is 7.05 Å². The number of nitrogens with zero attached hydrogens (tertiary/aromatic N) is 1.